The van der Waals surface area contributed by atoms with E-state index in [1.807, 2.05) is 18.2 Å². The highest BCUT2D eigenvalue weighted by atomic mass is 35.5. The first kappa shape index (κ1) is 10.3. The molecule has 1 aliphatic heterocycles. The van der Waals surface area contributed by atoms with Crippen LogP contribution in [0.25, 0.3) is 0 Å². The number of anilines is 1. The number of carbonyl (C=O) groups is 1. The smallest absolute Gasteiger partial charge is 0.262 e. The Morgan fingerprint density at radius 1 is 1.60 bits per heavy atom. The van der Waals surface area contributed by atoms with Crippen LogP contribution in [-0.2, 0) is 11.3 Å². The summed E-state index contributed by atoms with van der Waals surface area (Å²) in [6, 6.07) is 5.63. The first-order valence-corrected chi connectivity index (χ1v) is 4.91. The highest BCUT2D eigenvalue weighted by Crippen LogP contribution is 2.28. The van der Waals surface area contributed by atoms with Crippen LogP contribution in [-0.4, -0.2) is 24.0 Å². The number of amides is 1. The topological polar surface area (TPSA) is 41.6 Å². The van der Waals surface area contributed by atoms with Gasteiger partial charge in [0, 0.05) is 13.6 Å². The molecule has 0 radical (unpaired) electrons. The largest absolute Gasteiger partial charge is 0.482 e. The second-order valence-electron chi connectivity index (χ2n) is 3.43. The molecule has 0 unspecified atom stereocenters. The summed E-state index contributed by atoms with van der Waals surface area (Å²) in [6.45, 7) is 0.701. The molecule has 0 fully saturated rings. The van der Waals surface area contributed by atoms with Gasteiger partial charge in [-0.05, 0) is 29.5 Å². The van der Waals surface area contributed by atoms with Crippen LogP contribution in [0.3, 0.4) is 0 Å². The van der Waals surface area contributed by atoms with Crippen LogP contribution in [0.15, 0.2) is 18.2 Å². The summed E-state index contributed by atoms with van der Waals surface area (Å²) >= 11 is 5.74. The first-order chi connectivity index (χ1) is 7.15. The molecule has 0 spiro atoms. The SMILES string of the molecule is CN(Cl)Cc1ccc2c(c1)NC(=O)CO2. The van der Waals surface area contributed by atoms with E-state index >= 15 is 0 Å². The van der Waals surface area contributed by atoms with E-state index in [-0.39, 0.29) is 12.5 Å². The van der Waals surface area contributed by atoms with Gasteiger partial charge in [-0.25, -0.2) is 4.42 Å². The third kappa shape index (κ3) is 2.40. The van der Waals surface area contributed by atoms with Gasteiger partial charge in [-0.1, -0.05) is 6.07 Å². The lowest BCUT2D eigenvalue weighted by atomic mass is 10.1. The predicted molar refractivity (Wildman–Crippen MR) is 57.9 cm³/mol. The van der Waals surface area contributed by atoms with Crippen molar-refractivity contribution in [2.24, 2.45) is 0 Å². The van der Waals surface area contributed by atoms with Crippen molar-refractivity contribution in [3.8, 4) is 5.75 Å². The number of benzene rings is 1. The molecule has 1 aliphatic rings. The molecular formula is C10H11ClN2O2. The summed E-state index contributed by atoms with van der Waals surface area (Å²) in [5.41, 5.74) is 1.74. The van der Waals surface area contributed by atoms with Crippen molar-refractivity contribution in [1.29, 1.82) is 0 Å². The zero-order valence-electron chi connectivity index (χ0n) is 8.29. The molecule has 0 aliphatic carbocycles. The minimum atomic E-state index is -0.126. The van der Waals surface area contributed by atoms with E-state index in [0.29, 0.717) is 18.0 Å². The van der Waals surface area contributed by atoms with Crippen molar-refractivity contribution in [2.75, 3.05) is 19.0 Å². The summed E-state index contributed by atoms with van der Waals surface area (Å²) in [7, 11) is 1.77. The lowest BCUT2D eigenvalue weighted by Gasteiger charge is -2.19. The molecule has 4 nitrogen and oxygen atoms in total. The fourth-order valence-electron chi connectivity index (χ4n) is 1.48. The molecule has 0 saturated carbocycles. The van der Waals surface area contributed by atoms with Crippen molar-refractivity contribution in [2.45, 2.75) is 6.54 Å². The van der Waals surface area contributed by atoms with Crippen LogP contribution in [0.2, 0.25) is 0 Å². The Balaban J connectivity index is 2.24. The predicted octanol–water partition coefficient (Wildman–Crippen LogP) is 1.60. The molecule has 0 bridgehead atoms. The molecule has 2 rings (SSSR count). The Bertz CT molecular complexity index is 393. The Labute approximate surface area is 92.9 Å². The third-order valence-electron chi connectivity index (χ3n) is 2.08. The Hall–Kier alpha value is -1.26. The highest BCUT2D eigenvalue weighted by Gasteiger charge is 2.15. The van der Waals surface area contributed by atoms with Gasteiger partial charge in [0.2, 0.25) is 0 Å². The lowest BCUT2D eigenvalue weighted by molar-refractivity contribution is -0.118. The van der Waals surface area contributed by atoms with Crippen LogP contribution in [0, 0.1) is 0 Å². The van der Waals surface area contributed by atoms with E-state index in [4.69, 9.17) is 16.5 Å². The molecule has 0 saturated heterocycles. The van der Waals surface area contributed by atoms with Crippen molar-refractivity contribution < 1.29 is 9.53 Å². The van der Waals surface area contributed by atoms with Crippen molar-refractivity contribution in [1.82, 2.24) is 4.42 Å². The van der Waals surface area contributed by atoms with Gasteiger partial charge in [-0.3, -0.25) is 4.79 Å². The number of ether oxygens (including phenoxy) is 1. The minimum Gasteiger partial charge on any atom is -0.482 e. The van der Waals surface area contributed by atoms with E-state index in [1.165, 1.54) is 0 Å². The molecule has 1 aromatic rings. The van der Waals surface area contributed by atoms with Gasteiger partial charge in [0.1, 0.15) is 5.75 Å². The maximum absolute atomic E-state index is 11.1. The summed E-state index contributed by atoms with van der Waals surface area (Å²) in [5.74, 6) is 0.578. The molecule has 1 amide bonds. The van der Waals surface area contributed by atoms with E-state index in [9.17, 15) is 4.79 Å². The van der Waals surface area contributed by atoms with E-state index in [0.717, 1.165) is 5.56 Å². The molecule has 0 aromatic heterocycles. The van der Waals surface area contributed by atoms with Crippen LogP contribution >= 0.6 is 11.8 Å². The van der Waals surface area contributed by atoms with Crippen LogP contribution in [0.5, 0.6) is 5.75 Å². The van der Waals surface area contributed by atoms with Gasteiger partial charge in [0.25, 0.3) is 5.91 Å². The Morgan fingerprint density at radius 2 is 2.40 bits per heavy atom. The molecule has 1 N–H and O–H groups in total. The zero-order valence-corrected chi connectivity index (χ0v) is 9.04. The quantitative estimate of drug-likeness (QED) is 0.779. The highest BCUT2D eigenvalue weighted by molar-refractivity contribution is 6.13. The van der Waals surface area contributed by atoms with Crippen LogP contribution in [0.4, 0.5) is 5.69 Å². The standard InChI is InChI=1S/C10H11ClN2O2/c1-13(11)5-7-2-3-9-8(4-7)12-10(14)6-15-9/h2-4H,5-6H2,1H3,(H,12,14). The third-order valence-corrected chi connectivity index (χ3v) is 2.20. The number of fused-ring (bicyclic) bond motifs is 1. The number of nitrogens with zero attached hydrogens (tertiary/aromatic N) is 1. The number of carbonyl (C=O) groups excluding carboxylic acids is 1. The Morgan fingerprint density at radius 3 is 3.13 bits per heavy atom. The average molecular weight is 227 g/mol. The van der Waals surface area contributed by atoms with Crippen molar-refractivity contribution >= 4 is 23.4 Å². The molecule has 5 heteroatoms. The van der Waals surface area contributed by atoms with E-state index in [2.05, 4.69) is 5.32 Å². The van der Waals surface area contributed by atoms with E-state index < -0.39 is 0 Å². The lowest BCUT2D eigenvalue weighted by Crippen LogP contribution is -2.25. The average Bonchev–Trinajstić information content (AvgIpc) is 2.16. The second kappa shape index (κ2) is 4.08. The summed E-state index contributed by atoms with van der Waals surface area (Å²) < 4.78 is 6.79. The normalized spacial score (nSPS) is 14.5. The maximum Gasteiger partial charge on any atom is 0.262 e. The van der Waals surface area contributed by atoms with Gasteiger partial charge < -0.3 is 10.1 Å². The van der Waals surface area contributed by atoms with Crippen molar-refractivity contribution in [3.63, 3.8) is 0 Å². The molecule has 80 valence electrons. The monoisotopic (exact) mass is 226 g/mol. The molecule has 15 heavy (non-hydrogen) atoms. The van der Waals surface area contributed by atoms with Gasteiger partial charge in [0.05, 0.1) is 5.69 Å². The first-order valence-electron chi connectivity index (χ1n) is 4.57. The second-order valence-corrected chi connectivity index (χ2v) is 4.01. The van der Waals surface area contributed by atoms with Gasteiger partial charge in [-0.2, -0.15) is 0 Å². The van der Waals surface area contributed by atoms with Crippen molar-refractivity contribution in [3.05, 3.63) is 23.8 Å². The fourth-order valence-corrected chi connectivity index (χ4v) is 1.62. The number of hydrogen-bond donors (Lipinski definition) is 1. The zero-order chi connectivity index (χ0) is 10.8. The minimum absolute atomic E-state index is 0.0851. The van der Waals surface area contributed by atoms with Gasteiger partial charge in [-0.15, -0.1) is 0 Å². The number of halogens is 1. The van der Waals surface area contributed by atoms with Gasteiger partial charge in [0.15, 0.2) is 6.61 Å². The molecule has 0 atom stereocenters. The van der Waals surface area contributed by atoms with E-state index in [1.54, 1.807) is 11.5 Å². The fraction of sp³-hybridized carbons (Fsp3) is 0.300. The molecule has 1 heterocycles. The summed E-state index contributed by atoms with van der Waals surface area (Å²) in [6.07, 6.45) is 0. The molecule has 1 aromatic carbocycles. The number of nitrogens with one attached hydrogen (secondary N) is 1. The van der Waals surface area contributed by atoms with Gasteiger partial charge >= 0.3 is 0 Å². The Kier molecular flexibility index (Phi) is 2.79. The van der Waals surface area contributed by atoms with Crippen LogP contribution < -0.4 is 10.1 Å². The molecular weight excluding hydrogens is 216 g/mol. The number of rotatable bonds is 2. The number of hydrogen-bond acceptors (Lipinski definition) is 3. The maximum atomic E-state index is 11.1. The van der Waals surface area contributed by atoms with Crippen LogP contribution in [0.1, 0.15) is 5.56 Å². The summed E-state index contributed by atoms with van der Waals surface area (Å²) in [5, 5.41) is 2.75. The summed E-state index contributed by atoms with van der Waals surface area (Å²) in [4.78, 5) is 11.1.